The Hall–Kier alpha value is -2.47. The minimum absolute atomic E-state index is 0. The Morgan fingerprint density at radius 1 is 0.614 bits per heavy atom. The summed E-state index contributed by atoms with van der Waals surface area (Å²) in [4.78, 5) is 13.8. The largest absolute Gasteiger partial charge is 4.00 e. The van der Waals surface area contributed by atoms with Crippen molar-refractivity contribution in [3.05, 3.63) is 125 Å². The number of carboxylic acids is 1. The molecule has 4 aromatic rings. The van der Waals surface area contributed by atoms with E-state index in [1.807, 2.05) is 18.2 Å². The van der Waals surface area contributed by atoms with Crippen molar-refractivity contribution in [2.24, 2.45) is 0 Å². The van der Waals surface area contributed by atoms with Gasteiger partial charge in [0.1, 0.15) is 0 Å². The minimum atomic E-state index is -3.59. The topological polar surface area (TPSA) is 113 Å². The number of benzene rings is 4. The Morgan fingerprint density at radius 3 is 1.25 bits per heavy atom. The molecule has 0 radical (unpaired) electrons. The molecular weight excluding hydrogens is 718 g/mol. The molecule has 4 rings (SSSR count). The van der Waals surface area contributed by atoms with Gasteiger partial charge in [-0.05, 0) is 19.6 Å². The van der Waals surface area contributed by atoms with Crippen molar-refractivity contribution in [3.63, 3.8) is 0 Å². The molecule has 1 unspecified atom stereocenters. The molecule has 228 valence electrons. The third-order valence-corrected chi connectivity index (χ3v) is 19.0. The number of aliphatic carboxylic acids is 1. The Bertz CT molecular complexity index is 1260. The number of nitrogens with zero attached hydrogens (tertiary/aromatic N) is 1. The van der Waals surface area contributed by atoms with Gasteiger partial charge in [-0.25, -0.2) is 0 Å². The van der Waals surface area contributed by atoms with Gasteiger partial charge in [0.05, 0.1) is 0 Å². The number of hydrogen-bond acceptors (Lipinski definition) is 6. The summed E-state index contributed by atoms with van der Waals surface area (Å²) in [5.74, 6) is -1.01. The van der Waals surface area contributed by atoms with E-state index in [2.05, 4.69) is 106 Å². The fourth-order valence-corrected chi connectivity index (χ4v) is 17.1. The van der Waals surface area contributed by atoms with Gasteiger partial charge >= 0.3 is 224 Å². The maximum Gasteiger partial charge on any atom is 4.00 e. The molecule has 0 amide bonds. The molecule has 1 atom stereocenters. The second-order valence-corrected chi connectivity index (χ2v) is 19.4. The molecule has 4 aromatic carbocycles. The van der Waals surface area contributed by atoms with Gasteiger partial charge in [0.15, 0.2) is 0 Å². The second kappa shape index (κ2) is 19.1. The van der Waals surface area contributed by atoms with Crippen molar-refractivity contribution in [2.75, 3.05) is 39.5 Å². The summed E-state index contributed by atoms with van der Waals surface area (Å²) >= 11 is -3.59. The summed E-state index contributed by atoms with van der Waals surface area (Å²) in [6.07, 6.45) is -0.0142. The normalized spacial score (nSPS) is 11.7. The number of hydrogen-bond donors (Lipinski definition) is 0. The van der Waals surface area contributed by atoms with E-state index >= 15 is 0 Å². The van der Waals surface area contributed by atoms with E-state index in [4.69, 9.17) is 0 Å². The zero-order valence-corrected chi connectivity index (χ0v) is 30.8. The van der Waals surface area contributed by atoms with Gasteiger partial charge in [-0.15, -0.1) is 19.8 Å². The zero-order valence-electron chi connectivity index (χ0n) is 25.8. The predicted molar refractivity (Wildman–Crippen MR) is 174 cm³/mol. The predicted octanol–water partition coefficient (Wildman–Crippen LogP) is -0.466. The number of rotatable bonds is 13. The van der Waals surface area contributed by atoms with Crippen molar-refractivity contribution in [1.29, 1.82) is 0 Å². The van der Waals surface area contributed by atoms with E-state index < -0.39 is 19.2 Å². The van der Waals surface area contributed by atoms with E-state index in [-0.39, 0.29) is 54.9 Å². The van der Waals surface area contributed by atoms with Crippen LogP contribution in [-0.2, 0) is 4.79 Å². The maximum absolute atomic E-state index is 12.2. The molecule has 0 aliphatic rings. The van der Waals surface area contributed by atoms with E-state index in [1.54, 1.807) is 4.90 Å². The fourth-order valence-electron chi connectivity index (χ4n) is 5.65. The van der Waals surface area contributed by atoms with Gasteiger partial charge in [0.2, 0.25) is 0 Å². The quantitative estimate of drug-likeness (QED) is 0.171. The molecule has 0 aliphatic heterocycles. The molecule has 6 nitrogen and oxygen atoms in total. The van der Waals surface area contributed by atoms with Gasteiger partial charge < -0.3 is 20.2 Å². The summed E-state index contributed by atoms with van der Waals surface area (Å²) in [7, 11) is 0. The van der Waals surface area contributed by atoms with Crippen molar-refractivity contribution in [3.8, 4) is 0 Å². The molecule has 8 heteroatoms. The molecule has 0 saturated heterocycles. The molecule has 0 spiro atoms. The molecule has 0 aliphatic carbocycles. The monoisotopic (exact) mass is 761 g/mol. The molecule has 0 N–H and O–H groups in total. The van der Waals surface area contributed by atoms with Crippen molar-refractivity contribution < 1.29 is 25.2 Å². The minimum Gasteiger partial charge on any atom is -0.854 e. The molecule has 0 aromatic heterocycles. The average molecular weight is 759 g/mol. The van der Waals surface area contributed by atoms with Crippen LogP contribution in [0.4, 0.5) is 0 Å². The van der Waals surface area contributed by atoms with Gasteiger partial charge in [0, 0.05) is 0 Å². The van der Waals surface area contributed by atoms with Crippen LogP contribution in [0, 0.1) is 20.8 Å². The third-order valence-electron chi connectivity index (χ3n) is 7.84. The van der Waals surface area contributed by atoms with Crippen molar-refractivity contribution >= 4 is 56.3 Å². The summed E-state index contributed by atoms with van der Waals surface area (Å²) in [5.41, 5.74) is 4.64. The molecule has 0 fully saturated rings. The molecule has 0 heterocycles. The van der Waals surface area contributed by atoms with Crippen molar-refractivity contribution in [1.82, 2.24) is 4.90 Å². The summed E-state index contributed by atoms with van der Waals surface area (Å²) < 4.78 is 3.58. The molecule has 0 bridgehead atoms. The molecule has 0 saturated carbocycles. The summed E-state index contributed by atoms with van der Waals surface area (Å²) in [5, 5.41) is 42.3. The van der Waals surface area contributed by atoms with Crippen LogP contribution in [0.5, 0.6) is 0 Å². The van der Waals surface area contributed by atoms with E-state index in [9.17, 15) is 25.2 Å². The average Bonchev–Trinajstić information content (AvgIpc) is 3.00. The Labute approximate surface area is 281 Å². The Balaban J connectivity index is 0.000000531. The first-order chi connectivity index (χ1) is 20.8. The Kier molecular flexibility index (Phi) is 16.4. The molecule has 44 heavy (non-hydrogen) atoms. The number of carbonyl (C=O) groups is 1. The number of aryl methyl sites for hydroxylation is 3. The molecular formula is C36H41GeNO5Sn. The summed E-state index contributed by atoms with van der Waals surface area (Å²) in [6.45, 7) is 6.53. The van der Waals surface area contributed by atoms with Gasteiger partial charge in [-0.1, -0.05) is 0 Å². The van der Waals surface area contributed by atoms with Crippen LogP contribution in [0.1, 0.15) is 33.4 Å². The van der Waals surface area contributed by atoms with Crippen LogP contribution in [0.25, 0.3) is 0 Å². The zero-order chi connectivity index (χ0) is 31.2. The van der Waals surface area contributed by atoms with Crippen molar-refractivity contribution in [2.45, 2.75) is 31.9 Å². The van der Waals surface area contributed by atoms with Crippen LogP contribution in [-0.4, -0.2) is 87.5 Å². The van der Waals surface area contributed by atoms with E-state index in [1.165, 1.54) is 29.9 Å². The van der Waals surface area contributed by atoms with E-state index in [0.29, 0.717) is 19.6 Å². The smallest absolute Gasteiger partial charge is 0.854 e. The number of carbonyl (C=O) groups excluding carboxylic acids is 1. The Morgan fingerprint density at radius 2 is 0.955 bits per heavy atom. The maximum atomic E-state index is 12.2. The van der Waals surface area contributed by atoms with Gasteiger partial charge in [-0.2, -0.15) is 0 Å². The van der Waals surface area contributed by atoms with Gasteiger partial charge in [0.25, 0.3) is 0 Å². The first-order valence-corrected chi connectivity index (χ1v) is 19.0. The number of carboxylic acid groups (broad SMARTS) is 1. The van der Waals surface area contributed by atoms with E-state index in [0.717, 1.165) is 5.56 Å². The van der Waals surface area contributed by atoms with Crippen LogP contribution in [0.3, 0.4) is 0 Å². The standard InChI is InChI=1S/C30H30GeO2.C6H12NO3.Sn/c1-22-9-15-26(16-10-22)31(27-17-11-23(2)12-18-27,28-19-13-24(3)14-20-28)29(21-30(32)33)25-7-5-4-6-8-25;8-4-1-7(2-5-9)3-6-10;/h4-20,29H,21H2,1-3H3,(H,32,33);1-6H2;/q;-3;+4/p-1. The van der Waals surface area contributed by atoms with Crippen LogP contribution in [0.2, 0.25) is 0 Å². The van der Waals surface area contributed by atoms with Crippen LogP contribution >= 0.6 is 0 Å². The third kappa shape index (κ3) is 10.0. The van der Waals surface area contributed by atoms with Crippen LogP contribution in [0.15, 0.2) is 103 Å². The first kappa shape index (κ1) is 37.7. The summed E-state index contributed by atoms with van der Waals surface area (Å²) in [6, 6.07) is 36.4. The van der Waals surface area contributed by atoms with Crippen LogP contribution < -0.4 is 33.6 Å². The first-order valence-electron chi connectivity index (χ1n) is 14.7. The van der Waals surface area contributed by atoms with Gasteiger partial charge in [-0.3, -0.25) is 0 Å². The fraction of sp³-hybridized carbons (Fsp3) is 0.306. The SMILES string of the molecule is Cc1cc[c]([Ge]([c]2ccc(C)cc2)([c]2ccc(C)cc2)[CH](CC(=O)[O-])c2ccccc2)cc1.[O-]CCN(CC[O-])CC[O-].[Sn+4]. The second-order valence-electron chi connectivity index (χ2n) is 10.9.